The van der Waals surface area contributed by atoms with Crippen LogP contribution in [0.4, 0.5) is 0 Å². The number of nitrogens with zero attached hydrogens (tertiary/aromatic N) is 1. The number of aliphatic hydroxyl groups is 1. The number of rotatable bonds is 14. The van der Waals surface area contributed by atoms with Crippen LogP contribution in [0.25, 0.3) is 11.0 Å². The Balaban J connectivity index is 1.52. The van der Waals surface area contributed by atoms with Gasteiger partial charge in [-0.3, -0.25) is 9.59 Å². The van der Waals surface area contributed by atoms with Crippen LogP contribution < -0.4 is 15.5 Å². The van der Waals surface area contributed by atoms with E-state index in [1.54, 1.807) is 30.3 Å². The molecule has 0 fully saturated rings. The Morgan fingerprint density at radius 3 is 2.57 bits per heavy atom. The zero-order valence-electron chi connectivity index (χ0n) is 23.4. The highest BCUT2D eigenvalue weighted by Crippen LogP contribution is 2.31. The molecule has 1 amide bonds. The molecular weight excluding hydrogens is 568 g/mol. The molecule has 226 valence electrons. The second-order valence-corrected chi connectivity index (χ2v) is 11.3. The number of allylic oxidation sites excluding steroid dienone is 1. The lowest BCUT2D eigenvalue weighted by Gasteiger charge is -2.29. The van der Waals surface area contributed by atoms with E-state index >= 15 is 0 Å². The van der Waals surface area contributed by atoms with Gasteiger partial charge in [0.15, 0.2) is 11.2 Å². The van der Waals surface area contributed by atoms with Crippen molar-refractivity contribution in [2.45, 2.75) is 23.5 Å². The second-order valence-electron chi connectivity index (χ2n) is 9.36. The highest BCUT2D eigenvalue weighted by Gasteiger charge is 2.31. The molecule has 1 aliphatic heterocycles. The van der Waals surface area contributed by atoms with Crippen molar-refractivity contribution >= 4 is 26.9 Å². The van der Waals surface area contributed by atoms with Gasteiger partial charge in [0.1, 0.15) is 11.3 Å². The number of para-hydroxylation sites is 1. The van der Waals surface area contributed by atoms with Crippen molar-refractivity contribution in [3.05, 3.63) is 82.4 Å². The van der Waals surface area contributed by atoms with Crippen LogP contribution in [0.15, 0.2) is 80.7 Å². The molecule has 0 saturated heterocycles. The van der Waals surface area contributed by atoms with E-state index < -0.39 is 34.7 Å². The van der Waals surface area contributed by atoms with Gasteiger partial charge < -0.3 is 33.8 Å². The van der Waals surface area contributed by atoms with E-state index in [9.17, 15) is 23.1 Å². The predicted octanol–water partition coefficient (Wildman–Crippen LogP) is 1.98. The zero-order chi connectivity index (χ0) is 30.1. The van der Waals surface area contributed by atoms with Crippen molar-refractivity contribution in [3.8, 4) is 5.75 Å². The summed E-state index contributed by atoms with van der Waals surface area (Å²) in [5.41, 5.74) is 0.532. The van der Waals surface area contributed by atoms with Crippen molar-refractivity contribution in [3.63, 3.8) is 0 Å². The molecule has 13 heteroatoms. The minimum atomic E-state index is -3.95. The average molecular weight is 603 g/mol. The molecule has 0 bridgehead atoms. The Labute approximate surface area is 243 Å². The molecular formula is C29H34N2O10S. The van der Waals surface area contributed by atoms with Gasteiger partial charge in [-0.25, -0.2) is 8.42 Å². The Morgan fingerprint density at radius 1 is 1.10 bits per heavy atom. The Bertz CT molecular complexity index is 1550. The van der Waals surface area contributed by atoms with Gasteiger partial charge in [0, 0.05) is 44.6 Å². The first-order chi connectivity index (χ1) is 20.3. The van der Waals surface area contributed by atoms with Crippen molar-refractivity contribution < 1.29 is 41.7 Å². The van der Waals surface area contributed by atoms with E-state index in [1.807, 2.05) is 0 Å². The highest BCUT2D eigenvalue weighted by atomic mass is 32.2. The molecule has 2 atom stereocenters. The third kappa shape index (κ3) is 7.36. The third-order valence-electron chi connectivity index (χ3n) is 6.67. The molecule has 2 N–H and O–H groups in total. The van der Waals surface area contributed by atoms with Crippen molar-refractivity contribution in [2.75, 3.05) is 53.7 Å². The number of sulfonamides is 1. The first-order valence-electron chi connectivity index (χ1n) is 13.3. The summed E-state index contributed by atoms with van der Waals surface area (Å²) in [5.74, 6) is -0.632. The van der Waals surface area contributed by atoms with E-state index in [2.05, 4.69) is 5.32 Å². The molecule has 12 nitrogen and oxygen atoms in total. The normalized spacial score (nSPS) is 17.1. The van der Waals surface area contributed by atoms with E-state index in [0.717, 1.165) is 4.31 Å². The fourth-order valence-corrected chi connectivity index (χ4v) is 5.90. The fraction of sp³-hybridized carbons (Fsp3) is 0.379. The molecule has 42 heavy (non-hydrogen) atoms. The van der Waals surface area contributed by atoms with Crippen LogP contribution in [0.3, 0.4) is 0 Å². The Hall–Kier alpha value is -3.75. The third-order valence-corrected chi connectivity index (χ3v) is 8.58. The number of fused-ring (bicyclic) bond motifs is 1. The van der Waals surface area contributed by atoms with Crippen LogP contribution in [0.2, 0.25) is 0 Å². The van der Waals surface area contributed by atoms with Gasteiger partial charge in [0.2, 0.25) is 16.3 Å². The van der Waals surface area contributed by atoms with Crippen molar-refractivity contribution in [1.82, 2.24) is 9.62 Å². The summed E-state index contributed by atoms with van der Waals surface area (Å²) in [6.45, 7) is -0.237. The monoisotopic (exact) mass is 602 g/mol. The maximum Gasteiger partial charge on any atom is 0.286 e. The maximum atomic E-state index is 13.3. The molecule has 0 radical (unpaired) electrons. The molecule has 4 rings (SSSR count). The molecule has 1 aliphatic rings. The van der Waals surface area contributed by atoms with E-state index in [4.69, 9.17) is 23.4 Å². The Morgan fingerprint density at radius 2 is 1.86 bits per heavy atom. The molecule has 1 aromatic heterocycles. The molecule has 0 spiro atoms. The van der Waals surface area contributed by atoms with Gasteiger partial charge in [-0.1, -0.05) is 12.1 Å². The number of amides is 1. The van der Waals surface area contributed by atoms with Crippen LogP contribution in [0.1, 0.15) is 17.9 Å². The number of hydrogen-bond donors (Lipinski definition) is 2. The van der Waals surface area contributed by atoms with Gasteiger partial charge in [0.05, 0.1) is 43.5 Å². The van der Waals surface area contributed by atoms with E-state index in [0.29, 0.717) is 28.9 Å². The van der Waals surface area contributed by atoms with Gasteiger partial charge in [0.25, 0.3) is 5.91 Å². The second kappa shape index (κ2) is 14.4. The lowest BCUT2D eigenvalue weighted by Crippen LogP contribution is -2.38. The van der Waals surface area contributed by atoms with Crippen LogP contribution in [-0.2, 0) is 29.0 Å². The lowest BCUT2D eigenvalue weighted by atomic mass is 9.93. The molecule has 2 aromatic carbocycles. The van der Waals surface area contributed by atoms with Crippen molar-refractivity contribution in [1.29, 1.82) is 0 Å². The number of nitrogens with one attached hydrogen (secondary N) is 1. The number of carbonyl (C=O) groups is 1. The summed E-state index contributed by atoms with van der Waals surface area (Å²) < 4.78 is 55.0. The number of carbonyl (C=O) groups excluding carboxylic acids is 1. The van der Waals surface area contributed by atoms with Crippen molar-refractivity contribution in [2.24, 2.45) is 0 Å². The predicted molar refractivity (Wildman–Crippen MR) is 152 cm³/mol. The van der Waals surface area contributed by atoms with Gasteiger partial charge in [-0.2, -0.15) is 4.31 Å². The summed E-state index contributed by atoms with van der Waals surface area (Å²) in [7, 11) is -0.963. The van der Waals surface area contributed by atoms with Gasteiger partial charge >= 0.3 is 0 Å². The molecule has 0 aliphatic carbocycles. The minimum Gasteiger partial charge on any atom is -0.497 e. The quantitative estimate of drug-likeness (QED) is 0.262. The summed E-state index contributed by atoms with van der Waals surface area (Å²) in [6.07, 6.45) is 2.12. The molecule has 0 saturated carbocycles. The Kier molecular flexibility index (Phi) is 10.7. The van der Waals surface area contributed by atoms with Crippen LogP contribution in [0.5, 0.6) is 5.75 Å². The van der Waals surface area contributed by atoms with Gasteiger partial charge in [-0.15, -0.1) is 0 Å². The number of hydrogen-bond acceptors (Lipinski definition) is 10. The first kappa shape index (κ1) is 31.2. The summed E-state index contributed by atoms with van der Waals surface area (Å²) in [5, 5.41) is 12.6. The van der Waals surface area contributed by atoms with E-state index in [1.165, 1.54) is 44.7 Å². The lowest BCUT2D eigenvalue weighted by molar-refractivity contribution is -0.146. The van der Waals surface area contributed by atoms with E-state index in [-0.39, 0.29) is 48.7 Å². The summed E-state index contributed by atoms with van der Waals surface area (Å²) in [4.78, 5) is 26.2. The maximum absolute atomic E-state index is 13.3. The average Bonchev–Trinajstić information content (AvgIpc) is 3.01. The summed E-state index contributed by atoms with van der Waals surface area (Å²) >= 11 is 0. The SMILES string of the molecule is COCCNC(=O)C1=C[C@H](c2coc3ccccc3c2=O)C[C@H](OCCN(CCO)S(=O)(=O)c2ccc(OC)cc2)O1. The van der Waals surface area contributed by atoms with Crippen LogP contribution in [0, 0.1) is 0 Å². The van der Waals surface area contributed by atoms with Crippen LogP contribution in [-0.4, -0.2) is 83.7 Å². The number of methoxy groups -OCH3 is 2. The zero-order valence-corrected chi connectivity index (χ0v) is 24.2. The summed E-state index contributed by atoms with van der Waals surface area (Å²) in [6, 6.07) is 12.8. The smallest absolute Gasteiger partial charge is 0.286 e. The minimum absolute atomic E-state index is 0.0340. The number of benzene rings is 2. The molecule has 2 heterocycles. The topological polar surface area (TPSA) is 154 Å². The number of aliphatic hydroxyl groups excluding tert-OH is 1. The fourth-order valence-electron chi connectivity index (χ4n) is 4.48. The first-order valence-corrected chi connectivity index (χ1v) is 14.7. The van der Waals surface area contributed by atoms with Crippen LogP contribution >= 0.6 is 0 Å². The number of ether oxygens (including phenoxy) is 4. The largest absolute Gasteiger partial charge is 0.497 e. The molecule has 3 aromatic rings. The highest BCUT2D eigenvalue weighted by molar-refractivity contribution is 7.89. The molecule has 0 unspecified atom stereocenters. The standard InChI is InChI=1S/C29H34N2O10S/c1-37-15-11-30-29(34)26-17-20(24-19-40-25-6-4-3-5-23(25)28(24)33)18-27(41-26)39-16-13-31(12-14-32)42(35,36)22-9-7-21(38-2)8-10-22/h3-10,17,19-20,27,32H,11-16,18H2,1-2H3,(H,30,34)/t20-,27+/m0/s1. The van der Waals surface area contributed by atoms with Gasteiger partial charge in [-0.05, 0) is 42.5 Å².